The van der Waals surface area contributed by atoms with Crippen molar-refractivity contribution in [3.8, 4) is 0 Å². The molecule has 2 N–H and O–H groups in total. The van der Waals surface area contributed by atoms with E-state index in [0.29, 0.717) is 17.9 Å². The van der Waals surface area contributed by atoms with Gasteiger partial charge in [-0.15, -0.1) is 0 Å². The summed E-state index contributed by atoms with van der Waals surface area (Å²) in [7, 11) is 0. The van der Waals surface area contributed by atoms with Crippen molar-refractivity contribution in [1.82, 2.24) is 10.7 Å². The van der Waals surface area contributed by atoms with E-state index in [1.165, 1.54) is 0 Å². The molecule has 142 valence electrons. The van der Waals surface area contributed by atoms with Crippen molar-refractivity contribution in [3.63, 3.8) is 0 Å². The van der Waals surface area contributed by atoms with E-state index in [-0.39, 0.29) is 11.8 Å². The van der Waals surface area contributed by atoms with Crippen LogP contribution in [-0.2, 0) is 6.42 Å². The van der Waals surface area contributed by atoms with Crippen LogP contribution in [-0.4, -0.2) is 24.1 Å². The van der Waals surface area contributed by atoms with Crippen LogP contribution in [0.1, 0.15) is 69.5 Å². The van der Waals surface area contributed by atoms with Gasteiger partial charge in [0.2, 0.25) is 0 Å². The number of hydrogen-bond donors (Lipinski definition) is 2. The number of nitrogens with zero attached hydrogens (tertiary/aromatic N) is 1. The van der Waals surface area contributed by atoms with Gasteiger partial charge in [-0.05, 0) is 45.2 Å². The molecule has 0 bridgehead atoms. The fraction of sp³-hybridized carbons (Fsp3) is 0.381. The summed E-state index contributed by atoms with van der Waals surface area (Å²) in [5.74, 6) is 0.653. The maximum absolute atomic E-state index is 12.3. The Balaban J connectivity index is 1.82. The van der Waals surface area contributed by atoms with Gasteiger partial charge in [-0.2, -0.15) is 5.10 Å². The Hall–Kier alpha value is -2.89. The Morgan fingerprint density at radius 2 is 1.85 bits per heavy atom. The Morgan fingerprint density at radius 1 is 1.11 bits per heavy atom. The number of aryl methyl sites for hydroxylation is 2. The number of hydrogen-bond acceptors (Lipinski definition) is 4. The second-order valence-corrected chi connectivity index (χ2v) is 6.83. The number of amides is 2. The molecular weight excluding hydrogens is 342 g/mol. The van der Waals surface area contributed by atoms with Gasteiger partial charge in [-0.25, -0.2) is 5.43 Å². The molecule has 6 nitrogen and oxygen atoms in total. The normalized spacial score (nSPS) is 14.7. The van der Waals surface area contributed by atoms with Gasteiger partial charge in [0.15, 0.2) is 5.76 Å². The van der Waals surface area contributed by atoms with Crippen molar-refractivity contribution in [2.24, 2.45) is 5.10 Å². The third-order valence-corrected chi connectivity index (χ3v) is 4.67. The highest BCUT2D eigenvalue weighted by atomic mass is 16.4. The number of nitrogens with one attached hydrogen (secondary N) is 2. The summed E-state index contributed by atoms with van der Waals surface area (Å²) in [6.07, 6.45) is 3.23. The summed E-state index contributed by atoms with van der Waals surface area (Å²) in [6.45, 7) is 6.45. The standard InChI is InChI=1S/C21H25N3O3/c1-4-12-22-21(26)19-14(3)18-16(6-5-7-17(18)27-19)23-24-20(25)15-10-8-13(2)9-11-15/h8-11H,4-7,12H2,1-3H3,(H,22,26)(H,24,25)/b23-16+. The van der Waals surface area contributed by atoms with Crippen molar-refractivity contribution in [3.05, 3.63) is 58.0 Å². The van der Waals surface area contributed by atoms with Crippen molar-refractivity contribution < 1.29 is 14.0 Å². The zero-order valence-electron chi connectivity index (χ0n) is 16.0. The van der Waals surface area contributed by atoms with Gasteiger partial charge in [-0.3, -0.25) is 9.59 Å². The average Bonchev–Trinajstić information content (AvgIpc) is 3.02. The van der Waals surface area contributed by atoms with Crippen LogP contribution in [0, 0.1) is 13.8 Å². The van der Waals surface area contributed by atoms with Crippen molar-refractivity contribution in [1.29, 1.82) is 0 Å². The quantitative estimate of drug-likeness (QED) is 0.793. The number of hydrazone groups is 1. The first-order valence-corrected chi connectivity index (χ1v) is 9.35. The zero-order valence-corrected chi connectivity index (χ0v) is 16.0. The van der Waals surface area contributed by atoms with E-state index in [0.717, 1.165) is 53.8 Å². The van der Waals surface area contributed by atoms with Gasteiger partial charge in [0, 0.05) is 29.7 Å². The fourth-order valence-electron chi connectivity index (χ4n) is 3.20. The van der Waals surface area contributed by atoms with Crippen LogP contribution in [0.4, 0.5) is 0 Å². The minimum Gasteiger partial charge on any atom is -0.455 e. The maximum Gasteiger partial charge on any atom is 0.287 e. The Bertz CT molecular complexity index is 879. The molecule has 1 aliphatic rings. The van der Waals surface area contributed by atoms with Crippen LogP contribution in [0.5, 0.6) is 0 Å². The molecule has 1 aromatic carbocycles. The molecule has 1 heterocycles. The van der Waals surface area contributed by atoms with Crippen LogP contribution in [0.3, 0.4) is 0 Å². The third-order valence-electron chi connectivity index (χ3n) is 4.67. The van der Waals surface area contributed by atoms with Gasteiger partial charge < -0.3 is 9.73 Å². The van der Waals surface area contributed by atoms with Crippen LogP contribution >= 0.6 is 0 Å². The maximum atomic E-state index is 12.3. The molecule has 0 radical (unpaired) electrons. The van der Waals surface area contributed by atoms with Gasteiger partial charge in [0.05, 0.1) is 5.71 Å². The highest BCUT2D eigenvalue weighted by Crippen LogP contribution is 2.29. The SMILES string of the molecule is CCCNC(=O)c1oc2c(c1C)/C(=N/NC(=O)c1ccc(C)cc1)CCC2. The number of furan rings is 1. The lowest BCUT2D eigenvalue weighted by Crippen LogP contribution is -2.24. The van der Waals surface area contributed by atoms with Gasteiger partial charge in [0.1, 0.15) is 5.76 Å². The zero-order chi connectivity index (χ0) is 19.4. The summed E-state index contributed by atoms with van der Waals surface area (Å²) in [6, 6.07) is 7.33. The highest BCUT2D eigenvalue weighted by molar-refractivity contribution is 6.07. The molecule has 0 unspecified atom stereocenters. The lowest BCUT2D eigenvalue weighted by atomic mass is 9.93. The molecule has 0 saturated carbocycles. The molecule has 1 aliphatic carbocycles. The van der Waals surface area contributed by atoms with Crippen molar-refractivity contribution >= 4 is 17.5 Å². The summed E-state index contributed by atoms with van der Waals surface area (Å²) in [5, 5.41) is 7.19. The molecule has 1 aromatic heterocycles. The minimum atomic E-state index is -0.253. The Labute approximate surface area is 159 Å². The molecule has 0 spiro atoms. The minimum absolute atomic E-state index is 0.202. The molecule has 3 rings (SSSR count). The van der Waals surface area contributed by atoms with Crippen LogP contribution < -0.4 is 10.7 Å². The predicted octanol–water partition coefficient (Wildman–Crippen LogP) is 3.51. The van der Waals surface area contributed by atoms with Crippen LogP contribution in [0.15, 0.2) is 33.8 Å². The van der Waals surface area contributed by atoms with E-state index < -0.39 is 0 Å². The summed E-state index contributed by atoms with van der Waals surface area (Å²) >= 11 is 0. The molecule has 2 amide bonds. The topological polar surface area (TPSA) is 83.7 Å². The molecule has 0 aliphatic heterocycles. The van der Waals surface area contributed by atoms with E-state index >= 15 is 0 Å². The lowest BCUT2D eigenvalue weighted by Gasteiger charge is -2.13. The fourth-order valence-corrected chi connectivity index (χ4v) is 3.20. The van der Waals surface area contributed by atoms with Gasteiger partial charge in [-0.1, -0.05) is 24.6 Å². The van der Waals surface area contributed by atoms with Gasteiger partial charge in [0.25, 0.3) is 11.8 Å². The summed E-state index contributed by atoms with van der Waals surface area (Å²) in [5.41, 5.74) is 6.68. The first-order chi connectivity index (χ1) is 13.0. The largest absolute Gasteiger partial charge is 0.455 e. The van der Waals surface area contributed by atoms with Crippen molar-refractivity contribution in [2.75, 3.05) is 6.54 Å². The van der Waals surface area contributed by atoms with E-state index in [9.17, 15) is 9.59 Å². The Morgan fingerprint density at radius 3 is 2.56 bits per heavy atom. The summed E-state index contributed by atoms with van der Waals surface area (Å²) in [4.78, 5) is 24.6. The van der Waals surface area contributed by atoms with Crippen molar-refractivity contribution in [2.45, 2.75) is 46.5 Å². The number of benzene rings is 1. The second kappa shape index (κ2) is 8.20. The van der Waals surface area contributed by atoms with Crippen LogP contribution in [0.2, 0.25) is 0 Å². The third kappa shape index (κ3) is 4.10. The number of rotatable bonds is 5. The first kappa shape index (κ1) is 18.9. The van der Waals surface area contributed by atoms with E-state index in [4.69, 9.17) is 4.42 Å². The average molecular weight is 367 g/mol. The smallest absolute Gasteiger partial charge is 0.287 e. The number of fused-ring (bicyclic) bond motifs is 1. The molecule has 0 atom stereocenters. The molecule has 6 heteroatoms. The number of carbonyl (C=O) groups excluding carboxylic acids is 2. The molecule has 0 saturated heterocycles. The monoisotopic (exact) mass is 367 g/mol. The van der Waals surface area contributed by atoms with Crippen LogP contribution in [0.25, 0.3) is 0 Å². The molecule has 0 fully saturated rings. The molecule has 2 aromatic rings. The van der Waals surface area contributed by atoms with E-state index in [2.05, 4.69) is 15.8 Å². The number of carbonyl (C=O) groups is 2. The first-order valence-electron chi connectivity index (χ1n) is 9.35. The molecule has 27 heavy (non-hydrogen) atoms. The Kier molecular flexibility index (Phi) is 5.74. The molecular formula is C21H25N3O3. The van der Waals surface area contributed by atoms with Gasteiger partial charge >= 0.3 is 0 Å². The second-order valence-electron chi connectivity index (χ2n) is 6.83. The highest BCUT2D eigenvalue weighted by Gasteiger charge is 2.27. The lowest BCUT2D eigenvalue weighted by molar-refractivity contribution is 0.0921. The van der Waals surface area contributed by atoms with E-state index in [1.807, 2.05) is 32.9 Å². The summed E-state index contributed by atoms with van der Waals surface area (Å²) < 4.78 is 5.83. The predicted molar refractivity (Wildman–Crippen MR) is 104 cm³/mol. The van der Waals surface area contributed by atoms with E-state index in [1.54, 1.807) is 12.1 Å².